The maximum atomic E-state index is 12.5. The number of hydrogen-bond donors (Lipinski definition) is 1. The first kappa shape index (κ1) is 27.9. The highest BCUT2D eigenvalue weighted by atomic mass is 16.4. The summed E-state index contributed by atoms with van der Waals surface area (Å²) in [6, 6.07) is 19.0. The van der Waals surface area contributed by atoms with Crippen LogP contribution in [0.2, 0.25) is 0 Å². The summed E-state index contributed by atoms with van der Waals surface area (Å²) in [7, 11) is 0. The fourth-order valence-corrected chi connectivity index (χ4v) is 8.17. The summed E-state index contributed by atoms with van der Waals surface area (Å²) in [5.74, 6) is 1.83. The summed E-state index contributed by atoms with van der Waals surface area (Å²) in [5, 5.41) is 10.3. The zero-order valence-electron chi connectivity index (χ0n) is 23.5. The summed E-state index contributed by atoms with van der Waals surface area (Å²) in [6.45, 7) is 10.6. The van der Waals surface area contributed by atoms with Crippen LogP contribution >= 0.6 is 0 Å². The van der Waals surface area contributed by atoms with Crippen LogP contribution in [-0.4, -0.2) is 35.6 Å². The molecule has 2 unspecified atom stereocenters. The second kappa shape index (κ2) is 13.6. The number of carbonyl (C=O) groups is 1. The predicted octanol–water partition coefficient (Wildman–Crippen LogP) is 8.36. The van der Waals surface area contributed by atoms with Gasteiger partial charge in [0.15, 0.2) is 5.69 Å². The van der Waals surface area contributed by atoms with E-state index in [1.807, 2.05) is 12.1 Å². The minimum atomic E-state index is -0.539. The van der Waals surface area contributed by atoms with Gasteiger partial charge in [0.2, 0.25) is 0 Å². The first-order valence-corrected chi connectivity index (χ1v) is 15.6. The van der Waals surface area contributed by atoms with Crippen LogP contribution in [0.4, 0.5) is 5.69 Å². The van der Waals surface area contributed by atoms with E-state index in [0.29, 0.717) is 23.7 Å². The predicted molar refractivity (Wildman–Crippen MR) is 158 cm³/mol. The highest BCUT2D eigenvalue weighted by Gasteiger charge is 2.44. The molecule has 2 aromatic rings. The highest BCUT2D eigenvalue weighted by Crippen LogP contribution is 2.50. The number of aliphatic carboxylic acids is 1. The number of piperidine rings is 1. The van der Waals surface area contributed by atoms with E-state index in [-0.39, 0.29) is 5.92 Å². The summed E-state index contributed by atoms with van der Waals surface area (Å²) in [4.78, 5) is 18.7. The lowest BCUT2D eigenvalue weighted by molar-refractivity contribution is -0.146. The molecule has 0 aromatic heterocycles. The van der Waals surface area contributed by atoms with Crippen molar-refractivity contribution in [1.82, 2.24) is 4.90 Å². The van der Waals surface area contributed by atoms with Crippen molar-refractivity contribution in [3.05, 3.63) is 77.1 Å². The molecule has 208 valence electrons. The topological polar surface area (TPSA) is 44.9 Å². The van der Waals surface area contributed by atoms with Crippen LogP contribution in [0.1, 0.15) is 87.7 Å². The number of rotatable bonds is 10. The van der Waals surface area contributed by atoms with Gasteiger partial charge in [-0.25, -0.2) is 4.85 Å². The number of nitrogens with zero attached hydrogens (tertiary/aromatic N) is 2. The van der Waals surface area contributed by atoms with Crippen LogP contribution < -0.4 is 0 Å². The van der Waals surface area contributed by atoms with Gasteiger partial charge in [0.25, 0.3) is 0 Å². The van der Waals surface area contributed by atoms with Gasteiger partial charge in [0.05, 0.1) is 12.5 Å². The van der Waals surface area contributed by atoms with E-state index in [9.17, 15) is 9.90 Å². The minimum Gasteiger partial charge on any atom is -0.481 e. The Hall–Kier alpha value is -2.64. The Balaban J connectivity index is 1.15. The van der Waals surface area contributed by atoms with Crippen molar-refractivity contribution in [3.63, 3.8) is 0 Å². The molecular formula is C35H46N2O2. The van der Waals surface area contributed by atoms with E-state index in [4.69, 9.17) is 6.57 Å². The van der Waals surface area contributed by atoms with Gasteiger partial charge < -0.3 is 10.0 Å². The Kier molecular flexibility index (Phi) is 9.75. The molecule has 2 saturated carbocycles. The van der Waals surface area contributed by atoms with Crippen molar-refractivity contribution in [2.75, 3.05) is 19.6 Å². The molecule has 1 aliphatic heterocycles. The third-order valence-corrected chi connectivity index (χ3v) is 10.3. The Labute approximate surface area is 235 Å². The average molecular weight is 527 g/mol. The van der Waals surface area contributed by atoms with Gasteiger partial charge in [-0.15, -0.1) is 0 Å². The number of aryl methyl sites for hydroxylation is 1. The van der Waals surface area contributed by atoms with Crippen LogP contribution in [0, 0.1) is 36.2 Å². The van der Waals surface area contributed by atoms with E-state index in [1.54, 1.807) is 0 Å². The van der Waals surface area contributed by atoms with Gasteiger partial charge in [-0.2, -0.15) is 0 Å². The zero-order chi connectivity index (χ0) is 27.0. The third kappa shape index (κ3) is 7.31. The minimum absolute atomic E-state index is 0.162. The molecule has 1 heterocycles. The Morgan fingerprint density at radius 1 is 0.923 bits per heavy atom. The first-order valence-electron chi connectivity index (χ1n) is 15.6. The van der Waals surface area contributed by atoms with Crippen molar-refractivity contribution < 1.29 is 9.90 Å². The molecule has 0 bridgehead atoms. The van der Waals surface area contributed by atoms with E-state index in [1.165, 1.54) is 69.2 Å². The van der Waals surface area contributed by atoms with E-state index in [2.05, 4.69) is 52.2 Å². The Morgan fingerprint density at radius 3 is 2.31 bits per heavy atom. The van der Waals surface area contributed by atoms with E-state index < -0.39 is 5.97 Å². The van der Waals surface area contributed by atoms with E-state index >= 15 is 0 Å². The first-order chi connectivity index (χ1) is 19.1. The smallest absolute Gasteiger partial charge is 0.307 e. The molecule has 0 amide bonds. The molecule has 0 radical (unpaired) electrons. The van der Waals surface area contributed by atoms with Crippen LogP contribution in [0.5, 0.6) is 0 Å². The lowest BCUT2D eigenvalue weighted by atomic mass is 9.73. The van der Waals surface area contributed by atoms with Gasteiger partial charge in [-0.05, 0) is 99.6 Å². The summed E-state index contributed by atoms with van der Waals surface area (Å²) < 4.78 is 0. The van der Waals surface area contributed by atoms with Gasteiger partial charge in [0, 0.05) is 6.54 Å². The van der Waals surface area contributed by atoms with Crippen LogP contribution in [-0.2, 0) is 11.2 Å². The van der Waals surface area contributed by atoms with Crippen molar-refractivity contribution in [2.24, 2.45) is 29.6 Å². The molecule has 39 heavy (non-hydrogen) atoms. The monoisotopic (exact) mass is 526 g/mol. The maximum Gasteiger partial charge on any atom is 0.307 e. The second-order valence-corrected chi connectivity index (χ2v) is 12.7. The molecule has 3 aliphatic rings. The third-order valence-electron chi connectivity index (χ3n) is 10.3. The molecule has 3 fully saturated rings. The van der Waals surface area contributed by atoms with Crippen molar-refractivity contribution in [2.45, 2.75) is 83.0 Å². The number of benzene rings is 2. The molecule has 0 spiro atoms. The van der Waals surface area contributed by atoms with Crippen molar-refractivity contribution >= 4 is 11.7 Å². The SMILES string of the molecule is [C-]#[N+]c1ccc(CCCC2CCN(C[C@H]3CC(C(C(=O)O)C4CCCCC4)C[C@@H]3c3ccccc3)CC2)cc1. The molecule has 4 nitrogen and oxygen atoms in total. The quantitative estimate of drug-likeness (QED) is 0.316. The fourth-order valence-electron chi connectivity index (χ4n) is 8.17. The zero-order valence-corrected chi connectivity index (χ0v) is 23.5. The summed E-state index contributed by atoms with van der Waals surface area (Å²) in [5.41, 5.74) is 3.48. The molecule has 1 N–H and O–H groups in total. The largest absolute Gasteiger partial charge is 0.481 e. The van der Waals surface area contributed by atoms with Crippen LogP contribution in [0.25, 0.3) is 4.85 Å². The molecule has 5 rings (SSSR count). The van der Waals surface area contributed by atoms with Crippen LogP contribution in [0.3, 0.4) is 0 Å². The number of carboxylic acid groups (broad SMARTS) is 1. The standard InChI is InChI=1S/C35H46N2O2/c1-36-32-17-15-26(16-18-32)9-8-10-27-19-21-37(22-20-27)25-31-23-30(24-33(31)28-11-4-2-5-12-28)34(35(38)39)29-13-6-3-7-14-29/h2,4-5,11-12,15-18,27,29-31,33-34H,3,6-10,13-14,19-25H2,(H,38,39)/t30?,31-,33-,34?/m1/s1. The van der Waals surface area contributed by atoms with Crippen molar-refractivity contribution in [1.29, 1.82) is 0 Å². The number of carboxylic acids is 1. The van der Waals surface area contributed by atoms with Gasteiger partial charge in [0.1, 0.15) is 0 Å². The molecule has 2 aromatic carbocycles. The molecule has 2 aliphatic carbocycles. The average Bonchev–Trinajstić information content (AvgIpc) is 3.38. The lowest BCUT2D eigenvalue weighted by Crippen LogP contribution is -2.38. The second-order valence-electron chi connectivity index (χ2n) is 12.7. The van der Waals surface area contributed by atoms with Crippen molar-refractivity contribution in [3.8, 4) is 0 Å². The number of likely N-dealkylation sites (tertiary alicyclic amines) is 1. The normalized spacial score (nSPS) is 25.8. The van der Waals surface area contributed by atoms with Crippen LogP contribution in [0.15, 0.2) is 54.6 Å². The highest BCUT2D eigenvalue weighted by molar-refractivity contribution is 5.71. The molecule has 1 saturated heterocycles. The summed E-state index contributed by atoms with van der Waals surface area (Å²) >= 11 is 0. The van der Waals surface area contributed by atoms with Gasteiger partial charge in [-0.3, -0.25) is 4.79 Å². The Morgan fingerprint density at radius 2 is 1.64 bits per heavy atom. The summed E-state index contributed by atoms with van der Waals surface area (Å²) in [6.07, 6.45) is 14.2. The fraction of sp³-hybridized carbons (Fsp3) is 0.600. The molecular weight excluding hydrogens is 480 g/mol. The van der Waals surface area contributed by atoms with E-state index in [0.717, 1.165) is 50.3 Å². The molecule has 4 heteroatoms. The van der Waals surface area contributed by atoms with Gasteiger partial charge in [-0.1, -0.05) is 85.8 Å². The molecule has 4 atom stereocenters. The van der Waals surface area contributed by atoms with Gasteiger partial charge >= 0.3 is 5.97 Å². The number of hydrogen-bond acceptors (Lipinski definition) is 2. The lowest BCUT2D eigenvalue weighted by Gasteiger charge is -2.35. The Bertz CT molecular complexity index is 1080. The maximum absolute atomic E-state index is 12.5.